The van der Waals surface area contributed by atoms with Crippen LogP contribution < -0.4 is 10.2 Å². The highest BCUT2D eigenvalue weighted by molar-refractivity contribution is 5.49. The molecule has 4 heteroatoms. The molecule has 2 N–H and O–H groups in total. The zero-order valence-corrected chi connectivity index (χ0v) is 11.3. The third-order valence-corrected chi connectivity index (χ3v) is 3.45. The van der Waals surface area contributed by atoms with Gasteiger partial charge in [-0.05, 0) is 32.4 Å². The van der Waals surface area contributed by atoms with Gasteiger partial charge in [0.15, 0.2) is 0 Å². The van der Waals surface area contributed by atoms with E-state index in [1.165, 1.54) is 5.56 Å². The summed E-state index contributed by atoms with van der Waals surface area (Å²) in [6.45, 7) is 6.94. The summed E-state index contributed by atoms with van der Waals surface area (Å²) in [5.41, 5.74) is 1.22. The molecule has 1 aliphatic heterocycles. The molecule has 2 heterocycles. The van der Waals surface area contributed by atoms with Crippen LogP contribution in [0.15, 0.2) is 18.3 Å². The molecule has 0 radical (unpaired) electrons. The summed E-state index contributed by atoms with van der Waals surface area (Å²) in [5, 5.41) is 13.1. The lowest BCUT2D eigenvalue weighted by Crippen LogP contribution is -2.27. The average Bonchev–Trinajstić information content (AvgIpc) is 2.82. The van der Waals surface area contributed by atoms with Gasteiger partial charge in [-0.25, -0.2) is 4.98 Å². The maximum absolute atomic E-state index is 9.65. The smallest absolute Gasteiger partial charge is 0.133 e. The Balaban J connectivity index is 2.14. The van der Waals surface area contributed by atoms with Gasteiger partial charge in [-0.1, -0.05) is 13.0 Å². The number of pyridine rings is 1. The number of aliphatic hydroxyl groups is 1. The predicted octanol–water partition coefficient (Wildman–Crippen LogP) is 1.71. The number of nitrogens with one attached hydrogen (secondary N) is 1. The van der Waals surface area contributed by atoms with E-state index in [-0.39, 0.29) is 6.10 Å². The van der Waals surface area contributed by atoms with Crippen LogP contribution in [-0.4, -0.2) is 35.8 Å². The van der Waals surface area contributed by atoms with Crippen LogP contribution in [-0.2, 0) is 0 Å². The summed E-state index contributed by atoms with van der Waals surface area (Å²) in [7, 11) is 0. The number of anilines is 1. The minimum Gasteiger partial charge on any atom is -0.391 e. The first kappa shape index (κ1) is 13.3. The van der Waals surface area contributed by atoms with Gasteiger partial charge in [0.05, 0.1) is 6.10 Å². The van der Waals surface area contributed by atoms with Crippen molar-refractivity contribution in [3.8, 4) is 0 Å². The topological polar surface area (TPSA) is 48.4 Å². The van der Waals surface area contributed by atoms with E-state index < -0.39 is 0 Å². The van der Waals surface area contributed by atoms with E-state index in [4.69, 9.17) is 0 Å². The Morgan fingerprint density at radius 2 is 2.44 bits per heavy atom. The normalized spacial score (nSPS) is 21.3. The molecule has 0 bridgehead atoms. The van der Waals surface area contributed by atoms with E-state index in [1.54, 1.807) is 0 Å². The summed E-state index contributed by atoms with van der Waals surface area (Å²) in [6.07, 6.45) is 3.59. The monoisotopic (exact) mass is 249 g/mol. The van der Waals surface area contributed by atoms with Crippen LogP contribution in [0.4, 0.5) is 5.82 Å². The minimum atomic E-state index is -0.209. The van der Waals surface area contributed by atoms with E-state index >= 15 is 0 Å². The van der Waals surface area contributed by atoms with Crippen molar-refractivity contribution in [1.29, 1.82) is 0 Å². The standard InChI is InChI=1S/C14H23N3O/c1-3-7-15-11(2)13-5-4-8-16-14(13)17-9-6-12(18)10-17/h4-5,8,11-12,15,18H,3,6-7,9-10H2,1-2H3. The molecule has 1 aromatic heterocycles. The van der Waals surface area contributed by atoms with E-state index in [0.717, 1.165) is 31.7 Å². The second-order valence-corrected chi connectivity index (χ2v) is 4.98. The number of nitrogens with zero attached hydrogens (tertiary/aromatic N) is 2. The van der Waals surface area contributed by atoms with Crippen LogP contribution in [0.1, 0.15) is 38.3 Å². The maximum Gasteiger partial charge on any atom is 0.133 e. The van der Waals surface area contributed by atoms with E-state index in [1.807, 2.05) is 12.3 Å². The van der Waals surface area contributed by atoms with Crippen molar-refractivity contribution in [3.63, 3.8) is 0 Å². The molecular formula is C14H23N3O. The molecule has 0 spiro atoms. The quantitative estimate of drug-likeness (QED) is 0.834. The number of hydrogen-bond acceptors (Lipinski definition) is 4. The molecule has 0 amide bonds. The molecular weight excluding hydrogens is 226 g/mol. The zero-order valence-electron chi connectivity index (χ0n) is 11.3. The second kappa shape index (κ2) is 6.16. The van der Waals surface area contributed by atoms with Crippen molar-refractivity contribution in [2.45, 2.75) is 38.8 Å². The first-order chi connectivity index (χ1) is 8.72. The van der Waals surface area contributed by atoms with E-state index in [2.05, 4.69) is 35.1 Å². The molecule has 100 valence electrons. The Hall–Kier alpha value is -1.13. The summed E-state index contributed by atoms with van der Waals surface area (Å²) in [5.74, 6) is 1.02. The number of aliphatic hydroxyl groups excluding tert-OH is 1. The van der Waals surface area contributed by atoms with E-state index in [9.17, 15) is 5.11 Å². The molecule has 1 aliphatic rings. The first-order valence-corrected chi connectivity index (χ1v) is 6.83. The fraction of sp³-hybridized carbons (Fsp3) is 0.643. The van der Waals surface area contributed by atoms with Gasteiger partial charge in [0.25, 0.3) is 0 Å². The van der Waals surface area contributed by atoms with Gasteiger partial charge in [0.1, 0.15) is 5.82 Å². The SMILES string of the molecule is CCCNC(C)c1cccnc1N1CCC(O)C1. The Bertz CT molecular complexity index is 383. The highest BCUT2D eigenvalue weighted by atomic mass is 16.3. The highest BCUT2D eigenvalue weighted by Crippen LogP contribution is 2.26. The van der Waals surface area contributed by atoms with Crippen LogP contribution in [0, 0.1) is 0 Å². The van der Waals surface area contributed by atoms with Gasteiger partial charge < -0.3 is 15.3 Å². The van der Waals surface area contributed by atoms with Crippen molar-refractivity contribution in [1.82, 2.24) is 10.3 Å². The first-order valence-electron chi connectivity index (χ1n) is 6.83. The van der Waals surface area contributed by atoms with Crippen LogP contribution in [0.25, 0.3) is 0 Å². The van der Waals surface area contributed by atoms with Gasteiger partial charge in [0.2, 0.25) is 0 Å². The van der Waals surface area contributed by atoms with Crippen LogP contribution >= 0.6 is 0 Å². The second-order valence-electron chi connectivity index (χ2n) is 4.98. The Morgan fingerprint density at radius 3 is 3.11 bits per heavy atom. The summed E-state index contributed by atoms with van der Waals surface area (Å²) in [4.78, 5) is 6.68. The number of hydrogen-bond donors (Lipinski definition) is 2. The molecule has 1 aromatic rings. The van der Waals surface area contributed by atoms with Crippen LogP contribution in [0.3, 0.4) is 0 Å². The lowest BCUT2D eigenvalue weighted by atomic mass is 10.1. The summed E-state index contributed by atoms with van der Waals surface area (Å²) >= 11 is 0. The van der Waals surface area contributed by atoms with Crippen molar-refractivity contribution in [3.05, 3.63) is 23.9 Å². The number of rotatable bonds is 5. The minimum absolute atomic E-state index is 0.209. The number of β-amino-alcohol motifs (C(OH)–C–C–N with tert-alkyl or cyclic N) is 1. The van der Waals surface area contributed by atoms with Gasteiger partial charge in [-0.3, -0.25) is 0 Å². The van der Waals surface area contributed by atoms with E-state index in [0.29, 0.717) is 12.6 Å². The molecule has 1 fully saturated rings. The molecule has 1 saturated heterocycles. The number of aromatic nitrogens is 1. The Morgan fingerprint density at radius 1 is 1.61 bits per heavy atom. The Labute approximate surface area is 109 Å². The molecule has 0 aromatic carbocycles. The molecule has 0 aliphatic carbocycles. The molecule has 2 rings (SSSR count). The maximum atomic E-state index is 9.65. The lowest BCUT2D eigenvalue weighted by molar-refractivity contribution is 0.198. The lowest BCUT2D eigenvalue weighted by Gasteiger charge is -2.23. The molecule has 18 heavy (non-hydrogen) atoms. The predicted molar refractivity (Wildman–Crippen MR) is 73.8 cm³/mol. The van der Waals surface area contributed by atoms with Crippen LogP contribution in [0.2, 0.25) is 0 Å². The van der Waals surface area contributed by atoms with Crippen molar-refractivity contribution in [2.75, 3.05) is 24.5 Å². The van der Waals surface area contributed by atoms with Crippen LogP contribution in [0.5, 0.6) is 0 Å². The van der Waals surface area contributed by atoms with Crippen molar-refractivity contribution in [2.24, 2.45) is 0 Å². The highest BCUT2D eigenvalue weighted by Gasteiger charge is 2.24. The van der Waals surface area contributed by atoms with Gasteiger partial charge in [-0.15, -0.1) is 0 Å². The van der Waals surface area contributed by atoms with Crippen molar-refractivity contribution < 1.29 is 5.11 Å². The molecule has 4 nitrogen and oxygen atoms in total. The third kappa shape index (κ3) is 3.00. The molecule has 0 saturated carbocycles. The fourth-order valence-electron chi connectivity index (χ4n) is 2.42. The molecule has 2 unspecified atom stereocenters. The third-order valence-electron chi connectivity index (χ3n) is 3.45. The zero-order chi connectivity index (χ0) is 13.0. The fourth-order valence-corrected chi connectivity index (χ4v) is 2.42. The van der Waals surface area contributed by atoms with Gasteiger partial charge in [-0.2, -0.15) is 0 Å². The Kier molecular flexibility index (Phi) is 4.55. The molecule has 2 atom stereocenters. The summed E-state index contributed by atoms with van der Waals surface area (Å²) < 4.78 is 0. The van der Waals surface area contributed by atoms with Gasteiger partial charge >= 0.3 is 0 Å². The summed E-state index contributed by atoms with van der Waals surface area (Å²) in [6, 6.07) is 4.40. The van der Waals surface area contributed by atoms with Crippen molar-refractivity contribution >= 4 is 5.82 Å². The van der Waals surface area contributed by atoms with Gasteiger partial charge in [0, 0.05) is 30.9 Å². The largest absolute Gasteiger partial charge is 0.391 e. The average molecular weight is 249 g/mol.